The first-order valence-corrected chi connectivity index (χ1v) is 6.05. The molecule has 17 heavy (non-hydrogen) atoms. The molecule has 0 atom stereocenters. The summed E-state index contributed by atoms with van der Waals surface area (Å²) in [5.74, 6) is 0. The van der Waals surface area contributed by atoms with E-state index < -0.39 is 5.41 Å². The van der Waals surface area contributed by atoms with Crippen LogP contribution in [0.5, 0.6) is 0 Å². The Hall–Kier alpha value is -0.900. The Kier molecular flexibility index (Phi) is 5.62. The molecule has 0 spiro atoms. The van der Waals surface area contributed by atoms with Crippen LogP contribution in [0.1, 0.15) is 24.5 Å². The van der Waals surface area contributed by atoms with Gasteiger partial charge >= 0.3 is 0 Å². The molecule has 1 aromatic carbocycles. The molecule has 0 unspecified atom stereocenters. The van der Waals surface area contributed by atoms with Crippen molar-refractivity contribution in [1.29, 1.82) is 0 Å². The number of aliphatic hydroxyl groups excluding tert-OH is 2. The van der Waals surface area contributed by atoms with Crippen LogP contribution in [-0.2, 0) is 10.2 Å². The van der Waals surface area contributed by atoms with Crippen LogP contribution in [0.4, 0.5) is 0 Å². The second-order valence-corrected chi connectivity index (χ2v) is 4.41. The highest BCUT2D eigenvalue weighted by atomic mass is 16.5. The minimum Gasteiger partial charge on any atom is -0.395 e. The van der Waals surface area contributed by atoms with Gasteiger partial charge in [-0.25, -0.2) is 0 Å². The summed E-state index contributed by atoms with van der Waals surface area (Å²) < 4.78 is 5.32. The number of hydrogen-bond donors (Lipinski definition) is 2. The SMILES string of the molecule is CCOCCC(CO)(CO)c1cccc(C)c1. The normalized spacial score (nSPS) is 11.8. The van der Waals surface area contributed by atoms with E-state index in [0.717, 1.165) is 11.1 Å². The Morgan fingerprint density at radius 1 is 1.24 bits per heavy atom. The van der Waals surface area contributed by atoms with E-state index in [0.29, 0.717) is 19.6 Å². The molecule has 0 heterocycles. The predicted molar refractivity (Wildman–Crippen MR) is 68.1 cm³/mol. The average molecular weight is 238 g/mol. The van der Waals surface area contributed by atoms with Gasteiger partial charge in [0.25, 0.3) is 0 Å². The van der Waals surface area contributed by atoms with Crippen molar-refractivity contribution in [3.8, 4) is 0 Å². The molecule has 1 rings (SSSR count). The van der Waals surface area contributed by atoms with Gasteiger partial charge in [-0.15, -0.1) is 0 Å². The van der Waals surface area contributed by atoms with Crippen molar-refractivity contribution in [2.75, 3.05) is 26.4 Å². The Morgan fingerprint density at radius 3 is 2.47 bits per heavy atom. The fourth-order valence-corrected chi connectivity index (χ4v) is 1.92. The van der Waals surface area contributed by atoms with E-state index in [1.807, 2.05) is 38.1 Å². The first-order chi connectivity index (χ1) is 8.18. The molecule has 0 saturated heterocycles. The minimum absolute atomic E-state index is 0.0694. The molecule has 0 aliphatic rings. The van der Waals surface area contributed by atoms with Gasteiger partial charge in [0.15, 0.2) is 0 Å². The summed E-state index contributed by atoms with van der Waals surface area (Å²) in [4.78, 5) is 0. The molecular formula is C14H22O3. The largest absolute Gasteiger partial charge is 0.395 e. The molecule has 3 nitrogen and oxygen atoms in total. The van der Waals surface area contributed by atoms with E-state index in [9.17, 15) is 10.2 Å². The molecule has 0 radical (unpaired) electrons. The van der Waals surface area contributed by atoms with Gasteiger partial charge in [-0.05, 0) is 25.8 Å². The second-order valence-electron chi connectivity index (χ2n) is 4.41. The standard InChI is InChI=1S/C14H22O3/c1-3-17-8-7-14(10-15,11-16)13-6-4-5-12(2)9-13/h4-6,9,15-16H,3,7-8,10-11H2,1-2H3. The molecule has 0 aliphatic heterocycles. The summed E-state index contributed by atoms with van der Waals surface area (Å²) in [7, 11) is 0. The number of ether oxygens (including phenoxy) is 1. The number of benzene rings is 1. The van der Waals surface area contributed by atoms with Crippen LogP contribution in [0.2, 0.25) is 0 Å². The van der Waals surface area contributed by atoms with Crippen molar-refractivity contribution < 1.29 is 14.9 Å². The lowest BCUT2D eigenvalue weighted by atomic mass is 9.79. The van der Waals surface area contributed by atoms with Crippen molar-refractivity contribution in [3.05, 3.63) is 35.4 Å². The summed E-state index contributed by atoms with van der Waals surface area (Å²) in [6.45, 7) is 5.00. The van der Waals surface area contributed by atoms with Crippen LogP contribution in [0, 0.1) is 6.92 Å². The molecule has 0 amide bonds. The van der Waals surface area contributed by atoms with Gasteiger partial charge in [-0.3, -0.25) is 0 Å². The summed E-state index contributed by atoms with van der Waals surface area (Å²) in [6.07, 6.45) is 0.622. The first kappa shape index (κ1) is 14.2. The van der Waals surface area contributed by atoms with Crippen LogP contribution in [0.25, 0.3) is 0 Å². The van der Waals surface area contributed by atoms with Gasteiger partial charge in [0.1, 0.15) is 0 Å². The van der Waals surface area contributed by atoms with Gasteiger partial charge in [0, 0.05) is 18.6 Å². The zero-order valence-corrected chi connectivity index (χ0v) is 10.6. The van der Waals surface area contributed by atoms with Crippen molar-refractivity contribution in [2.24, 2.45) is 0 Å². The lowest BCUT2D eigenvalue weighted by molar-refractivity contribution is 0.0667. The minimum atomic E-state index is -0.596. The highest BCUT2D eigenvalue weighted by molar-refractivity contribution is 5.30. The highest BCUT2D eigenvalue weighted by Gasteiger charge is 2.30. The van der Waals surface area contributed by atoms with Crippen molar-refractivity contribution in [1.82, 2.24) is 0 Å². The zero-order chi connectivity index (χ0) is 12.7. The van der Waals surface area contributed by atoms with Crippen LogP contribution in [-0.4, -0.2) is 36.6 Å². The second kappa shape index (κ2) is 6.74. The lowest BCUT2D eigenvalue weighted by Crippen LogP contribution is -2.36. The molecule has 0 saturated carbocycles. The Morgan fingerprint density at radius 2 is 1.94 bits per heavy atom. The number of rotatable bonds is 7. The fourth-order valence-electron chi connectivity index (χ4n) is 1.92. The average Bonchev–Trinajstić information content (AvgIpc) is 2.35. The maximum absolute atomic E-state index is 9.60. The molecule has 0 fully saturated rings. The van der Waals surface area contributed by atoms with Gasteiger partial charge in [0.05, 0.1) is 13.2 Å². The third kappa shape index (κ3) is 3.53. The van der Waals surface area contributed by atoms with Gasteiger partial charge in [-0.1, -0.05) is 29.8 Å². The topological polar surface area (TPSA) is 49.7 Å². The van der Waals surface area contributed by atoms with Gasteiger partial charge in [-0.2, -0.15) is 0 Å². The van der Waals surface area contributed by atoms with Gasteiger partial charge < -0.3 is 14.9 Å². The molecule has 3 heteroatoms. The molecule has 0 aliphatic carbocycles. The smallest absolute Gasteiger partial charge is 0.0550 e. The molecule has 1 aromatic rings. The summed E-state index contributed by atoms with van der Waals surface area (Å²) in [5, 5.41) is 19.2. The predicted octanol–water partition coefficient (Wildman–Crippen LogP) is 1.64. The van der Waals surface area contributed by atoms with Crippen LogP contribution < -0.4 is 0 Å². The van der Waals surface area contributed by atoms with Crippen LogP contribution in [0.15, 0.2) is 24.3 Å². The maximum atomic E-state index is 9.60. The third-order valence-electron chi connectivity index (χ3n) is 3.16. The van der Waals surface area contributed by atoms with E-state index in [1.165, 1.54) is 0 Å². The van der Waals surface area contributed by atoms with Crippen LogP contribution >= 0.6 is 0 Å². The number of hydrogen-bond acceptors (Lipinski definition) is 3. The molecule has 96 valence electrons. The first-order valence-electron chi connectivity index (χ1n) is 6.05. The summed E-state index contributed by atoms with van der Waals surface area (Å²) in [6, 6.07) is 7.92. The van der Waals surface area contributed by atoms with Crippen molar-refractivity contribution in [2.45, 2.75) is 25.7 Å². The quantitative estimate of drug-likeness (QED) is 0.710. The fraction of sp³-hybridized carbons (Fsp3) is 0.571. The van der Waals surface area contributed by atoms with E-state index in [4.69, 9.17) is 4.74 Å². The maximum Gasteiger partial charge on any atom is 0.0550 e. The molecule has 2 N–H and O–H groups in total. The highest BCUT2D eigenvalue weighted by Crippen LogP contribution is 2.28. The third-order valence-corrected chi connectivity index (χ3v) is 3.16. The molecule has 0 aromatic heterocycles. The zero-order valence-electron chi connectivity index (χ0n) is 10.6. The van der Waals surface area contributed by atoms with E-state index in [1.54, 1.807) is 0 Å². The van der Waals surface area contributed by atoms with Crippen molar-refractivity contribution in [3.63, 3.8) is 0 Å². The van der Waals surface area contributed by atoms with Crippen molar-refractivity contribution >= 4 is 0 Å². The number of aryl methyl sites for hydroxylation is 1. The van der Waals surface area contributed by atoms with E-state index >= 15 is 0 Å². The lowest BCUT2D eigenvalue weighted by Gasteiger charge is -2.30. The molecular weight excluding hydrogens is 216 g/mol. The van der Waals surface area contributed by atoms with Crippen LogP contribution in [0.3, 0.4) is 0 Å². The Balaban J connectivity index is 2.89. The van der Waals surface area contributed by atoms with E-state index in [-0.39, 0.29) is 13.2 Å². The number of aliphatic hydroxyl groups is 2. The Labute approximate surface area is 103 Å². The molecule has 0 bridgehead atoms. The summed E-state index contributed by atoms with van der Waals surface area (Å²) >= 11 is 0. The summed E-state index contributed by atoms with van der Waals surface area (Å²) in [5.41, 5.74) is 1.51. The van der Waals surface area contributed by atoms with E-state index in [2.05, 4.69) is 0 Å². The van der Waals surface area contributed by atoms with Gasteiger partial charge in [0.2, 0.25) is 0 Å². The monoisotopic (exact) mass is 238 g/mol. The Bertz CT molecular complexity index is 332.